The van der Waals surface area contributed by atoms with Gasteiger partial charge >= 0.3 is 0 Å². The molecule has 0 aliphatic rings. The van der Waals surface area contributed by atoms with E-state index in [4.69, 9.17) is 5.73 Å². The first kappa shape index (κ1) is 19.7. The molecule has 0 aliphatic heterocycles. The summed E-state index contributed by atoms with van der Waals surface area (Å²) in [4.78, 5) is 25.1. The minimum Gasteiger partial charge on any atom is -0.340 e. The molecule has 0 bridgehead atoms. The molecule has 0 atom stereocenters. The van der Waals surface area contributed by atoms with Crippen LogP contribution in [0.4, 0.5) is 5.69 Å². The summed E-state index contributed by atoms with van der Waals surface area (Å²) in [5, 5.41) is 2.91. The molecular formula is C21H27N3O2. The van der Waals surface area contributed by atoms with Crippen LogP contribution < -0.4 is 11.1 Å². The van der Waals surface area contributed by atoms with Gasteiger partial charge in [-0.3, -0.25) is 9.59 Å². The summed E-state index contributed by atoms with van der Waals surface area (Å²) in [6.07, 6.45) is 0.513. The highest BCUT2D eigenvalue weighted by molar-refractivity contribution is 5.91. The lowest BCUT2D eigenvalue weighted by Crippen LogP contribution is -2.32. The van der Waals surface area contributed by atoms with E-state index >= 15 is 0 Å². The molecular weight excluding hydrogens is 326 g/mol. The number of carbonyl (C=O) groups excluding carboxylic acids is 2. The molecule has 5 heteroatoms. The Morgan fingerprint density at radius 1 is 1.08 bits per heavy atom. The maximum Gasteiger partial charge on any atom is 0.236 e. The summed E-state index contributed by atoms with van der Waals surface area (Å²) in [7, 11) is 1.75. The first-order valence-electron chi connectivity index (χ1n) is 8.82. The summed E-state index contributed by atoms with van der Waals surface area (Å²) >= 11 is 0. The molecule has 0 spiro atoms. The summed E-state index contributed by atoms with van der Waals surface area (Å²) in [6.45, 7) is 4.58. The third kappa shape index (κ3) is 5.70. The Hall–Kier alpha value is -2.66. The number of amides is 2. The van der Waals surface area contributed by atoms with Crippen molar-refractivity contribution >= 4 is 17.5 Å². The van der Waals surface area contributed by atoms with Crippen LogP contribution >= 0.6 is 0 Å². The van der Waals surface area contributed by atoms with Gasteiger partial charge in [-0.25, -0.2) is 0 Å². The highest BCUT2D eigenvalue weighted by Gasteiger charge is 2.08. The van der Waals surface area contributed by atoms with Gasteiger partial charge < -0.3 is 16.0 Å². The fourth-order valence-corrected chi connectivity index (χ4v) is 2.70. The molecule has 0 saturated carbocycles. The lowest BCUT2D eigenvalue weighted by molar-refractivity contribution is -0.128. The quantitative estimate of drug-likeness (QED) is 0.802. The van der Waals surface area contributed by atoms with E-state index in [1.165, 1.54) is 0 Å². The van der Waals surface area contributed by atoms with E-state index in [2.05, 4.69) is 11.4 Å². The van der Waals surface area contributed by atoms with Crippen molar-refractivity contribution in [3.8, 4) is 11.1 Å². The molecule has 26 heavy (non-hydrogen) atoms. The zero-order valence-corrected chi connectivity index (χ0v) is 15.7. The van der Waals surface area contributed by atoms with Crippen LogP contribution in [0.1, 0.15) is 25.8 Å². The van der Waals surface area contributed by atoms with Gasteiger partial charge in [0, 0.05) is 25.7 Å². The Balaban J connectivity index is 2.08. The van der Waals surface area contributed by atoms with E-state index < -0.39 is 0 Å². The van der Waals surface area contributed by atoms with Crippen molar-refractivity contribution in [2.45, 2.75) is 26.8 Å². The first-order valence-corrected chi connectivity index (χ1v) is 8.82. The number of carbonyl (C=O) groups is 2. The normalized spacial score (nSPS) is 10.7. The molecule has 0 heterocycles. The van der Waals surface area contributed by atoms with Gasteiger partial charge in [-0.1, -0.05) is 44.2 Å². The van der Waals surface area contributed by atoms with E-state index in [0.717, 1.165) is 22.4 Å². The van der Waals surface area contributed by atoms with E-state index in [9.17, 15) is 9.59 Å². The van der Waals surface area contributed by atoms with Crippen molar-refractivity contribution in [3.05, 3.63) is 54.1 Å². The van der Waals surface area contributed by atoms with Crippen LogP contribution in [-0.4, -0.2) is 30.3 Å². The second-order valence-corrected chi connectivity index (χ2v) is 6.88. The van der Waals surface area contributed by atoms with Crippen LogP contribution in [0.2, 0.25) is 0 Å². The number of benzene rings is 2. The summed E-state index contributed by atoms with van der Waals surface area (Å²) in [6, 6.07) is 15.8. The summed E-state index contributed by atoms with van der Waals surface area (Å²) in [5.41, 5.74) is 9.36. The van der Waals surface area contributed by atoms with Crippen molar-refractivity contribution in [2.24, 2.45) is 11.7 Å². The van der Waals surface area contributed by atoms with Crippen molar-refractivity contribution < 1.29 is 9.59 Å². The molecule has 2 aromatic carbocycles. The zero-order chi connectivity index (χ0) is 19.1. The Kier molecular flexibility index (Phi) is 6.92. The van der Waals surface area contributed by atoms with Crippen molar-refractivity contribution in [1.82, 2.24) is 4.90 Å². The van der Waals surface area contributed by atoms with Gasteiger partial charge in [0.1, 0.15) is 0 Å². The molecule has 0 saturated heterocycles. The Morgan fingerprint density at radius 2 is 1.77 bits per heavy atom. The molecule has 0 fully saturated rings. The lowest BCUT2D eigenvalue weighted by atomic mass is 10.0. The van der Waals surface area contributed by atoms with Crippen molar-refractivity contribution in [2.75, 3.05) is 18.9 Å². The minimum absolute atomic E-state index is 0.0141. The second kappa shape index (κ2) is 9.15. The number of nitrogens with one attached hydrogen (secondary N) is 1. The summed E-state index contributed by atoms with van der Waals surface area (Å²) in [5.74, 6) is 0.278. The minimum atomic E-state index is -0.0862. The second-order valence-electron chi connectivity index (χ2n) is 6.88. The van der Waals surface area contributed by atoms with Gasteiger partial charge in [0.15, 0.2) is 0 Å². The number of nitrogens with two attached hydrogens (primary N) is 1. The van der Waals surface area contributed by atoms with Crippen LogP contribution in [0.25, 0.3) is 11.1 Å². The summed E-state index contributed by atoms with van der Waals surface area (Å²) < 4.78 is 0. The highest BCUT2D eigenvalue weighted by Crippen LogP contribution is 2.23. The molecule has 138 valence electrons. The molecule has 0 unspecified atom stereocenters. The van der Waals surface area contributed by atoms with Gasteiger partial charge in [0.05, 0.1) is 6.54 Å². The molecule has 0 aliphatic carbocycles. The van der Waals surface area contributed by atoms with E-state index in [-0.39, 0.29) is 18.4 Å². The number of hydrogen-bond acceptors (Lipinski definition) is 3. The number of nitrogens with zero attached hydrogens (tertiary/aromatic N) is 1. The Labute approximate surface area is 155 Å². The SMILES string of the molecule is CC(C)CC(=O)Nc1ccc(-c2cccc(CN(C)C(=O)CN)c2)cc1. The average molecular weight is 353 g/mol. The predicted octanol–water partition coefficient (Wildman–Crippen LogP) is 3.26. The van der Waals surface area contributed by atoms with Gasteiger partial charge in [-0.2, -0.15) is 0 Å². The van der Waals surface area contributed by atoms with E-state index in [0.29, 0.717) is 18.9 Å². The zero-order valence-electron chi connectivity index (χ0n) is 15.7. The third-order valence-corrected chi connectivity index (χ3v) is 4.04. The largest absolute Gasteiger partial charge is 0.340 e. The first-order chi connectivity index (χ1) is 12.4. The van der Waals surface area contributed by atoms with Crippen LogP contribution in [0.5, 0.6) is 0 Å². The Morgan fingerprint density at radius 3 is 2.38 bits per heavy atom. The molecule has 5 nitrogen and oxygen atoms in total. The van der Waals surface area contributed by atoms with Crippen molar-refractivity contribution in [3.63, 3.8) is 0 Å². The molecule has 0 radical (unpaired) electrons. The maximum absolute atomic E-state index is 11.9. The number of hydrogen-bond donors (Lipinski definition) is 2. The predicted molar refractivity (Wildman–Crippen MR) is 105 cm³/mol. The third-order valence-electron chi connectivity index (χ3n) is 4.04. The molecule has 0 aromatic heterocycles. The van der Waals surface area contributed by atoms with Crippen LogP contribution in [0.3, 0.4) is 0 Å². The fraction of sp³-hybridized carbons (Fsp3) is 0.333. The van der Waals surface area contributed by atoms with Gasteiger partial charge in [0.25, 0.3) is 0 Å². The average Bonchev–Trinajstić information content (AvgIpc) is 2.61. The lowest BCUT2D eigenvalue weighted by Gasteiger charge is -2.16. The molecule has 2 amide bonds. The monoisotopic (exact) mass is 353 g/mol. The van der Waals surface area contributed by atoms with Gasteiger partial charge in [0.2, 0.25) is 11.8 Å². The van der Waals surface area contributed by atoms with Crippen LogP contribution in [-0.2, 0) is 16.1 Å². The number of likely N-dealkylation sites (N-methyl/N-ethyl adjacent to an activating group) is 1. The Bertz CT molecular complexity index is 754. The molecule has 3 N–H and O–H groups in total. The number of anilines is 1. The fourth-order valence-electron chi connectivity index (χ4n) is 2.70. The van der Waals surface area contributed by atoms with Crippen LogP contribution in [0.15, 0.2) is 48.5 Å². The van der Waals surface area contributed by atoms with E-state index in [1.54, 1.807) is 11.9 Å². The van der Waals surface area contributed by atoms with Crippen molar-refractivity contribution in [1.29, 1.82) is 0 Å². The maximum atomic E-state index is 11.9. The van der Waals surface area contributed by atoms with E-state index in [1.807, 2.05) is 56.3 Å². The highest BCUT2D eigenvalue weighted by atomic mass is 16.2. The van der Waals surface area contributed by atoms with Gasteiger partial charge in [-0.15, -0.1) is 0 Å². The molecule has 2 aromatic rings. The van der Waals surface area contributed by atoms with Crippen LogP contribution in [0, 0.1) is 5.92 Å². The molecule has 2 rings (SSSR count). The number of rotatable bonds is 7. The van der Waals surface area contributed by atoms with Gasteiger partial charge in [-0.05, 0) is 40.8 Å². The topological polar surface area (TPSA) is 75.4 Å². The standard InChI is InChI=1S/C21H27N3O2/c1-15(2)11-20(25)23-19-9-7-17(8-10-19)18-6-4-5-16(12-18)14-24(3)21(26)13-22/h4-10,12,15H,11,13-14,22H2,1-3H3,(H,23,25). The smallest absolute Gasteiger partial charge is 0.236 e.